The number of carboxylic acid groups (broad SMARTS) is 1. The molecule has 7 N–H and O–H groups in total. The summed E-state index contributed by atoms with van der Waals surface area (Å²) in [4.78, 5) is 153. The van der Waals surface area contributed by atoms with Gasteiger partial charge < -0.3 is 64.6 Å². The van der Waals surface area contributed by atoms with Gasteiger partial charge in [0.1, 0.15) is 47.3 Å². The number of fused-ring (bicyclic) bond motifs is 1. The van der Waals surface area contributed by atoms with Gasteiger partial charge in [-0.05, 0) is 109 Å². The number of carbonyl (C=O) groups excluding carboxylic acids is 9. The topological polar surface area (TPSA) is 344 Å². The Hall–Kier alpha value is -8.85. The number of guanidine groups is 1. The van der Waals surface area contributed by atoms with E-state index in [4.69, 9.17) is 18.9 Å². The minimum absolute atomic E-state index is 0.0289. The summed E-state index contributed by atoms with van der Waals surface area (Å²) in [5, 5.41) is 24.9. The fourth-order valence-corrected chi connectivity index (χ4v) is 8.62. The van der Waals surface area contributed by atoms with Crippen LogP contribution < -0.4 is 42.2 Å². The van der Waals surface area contributed by atoms with Crippen molar-refractivity contribution in [3.63, 3.8) is 0 Å². The van der Waals surface area contributed by atoms with Gasteiger partial charge in [-0.2, -0.15) is 0 Å². The minimum Gasteiger partial charge on any atom is -0.477 e. The first kappa shape index (κ1) is 71.6. The highest BCUT2D eigenvalue weighted by Gasteiger charge is 2.33. The number of nitrogens with zero attached hydrogens (tertiary/aromatic N) is 5. The zero-order chi connectivity index (χ0) is 65.8. The van der Waals surface area contributed by atoms with Crippen molar-refractivity contribution in [2.45, 2.75) is 157 Å². The molecule has 0 spiro atoms. The fraction of sp³-hybridized carbons (Fsp3) is 0.567. The second-order valence-electron chi connectivity index (χ2n) is 23.9. The van der Waals surface area contributed by atoms with E-state index in [0.29, 0.717) is 17.6 Å². The summed E-state index contributed by atoms with van der Waals surface area (Å²) in [6.07, 6.45) is -2.03. The number of nitrogens with one attached hydrogen (secondary N) is 6. The fourth-order valence-electron chi connectivity index (χ4n) is 8.62. The van der Waals surface area contributed by atoms with Gasteiger partial charge in [-0.25, -0.2) is 23.6 Å². The molecule has 28 heteroatoms. The number of anilines is 2. The minimum atomic E-state index is -1.43. The van der Waals surface area contributed by atoms with Crippen LogP contribution in [-0.2, 0) is 60.9 Å². The van der Waals surface area contributed by atoms with Gasteiger partial charge in [0.2, 0.25) is 40.9 Å². The Labute approximate surface area is 511 Å². The molecule has 1 aliphatic heterocycles. The number of hydrogen-bond donors (Lipinski definition) is 7. The van der Waals surface area contributed by atoms with Crippen LogP contribution in [0.15, 0.2) is 52.4 Å². The van der Waals surface area contributed by atoms with E-state index in [-0.39, 0.29) is 113 Å². The largest absolute Gasteiger partial charge is 0.477 e. The predicted octanol–water partition coefficient (Wildman–Crippen LogP) is 5.40. The average molecular weight is 1240 g/mol. The number of amides is 8. The first-order valence-corrected chi connectivity index (χ1v) is 29.1. The van der Waals surface area contributed by atoms with Crippen molar-refractivity contribution in [2.24, 2.45) is 16.8 Å². The van der Waals surface area contributed by atoms with Crippen molar-refractivity contribution in [1.29, 1.82) is 0 Å². The number of piperazine rings is 1. The number of aromatic nitrogens is 1. The zero-order valence-electron chi connectivity index (χ0n) is 52.5. The number of halogens is 1. The second kappa shape index (κ2) is 32.8. The Morgan fingerprint density at radius 3 is 1.90 bits per heavy atom. The second-order valence-corrected chi connectivity index (χ2v) is 23.9. The monoisotopic (exact) mass is 1240 g/mol. The van der Waals surface area contributed by atoms with E-state index in [1.807, 2.05) is 13.8 Å². The Morgan fingerprint density at radius 1 is 0.750 bits per heavy atom. The molecule has 3 atom stereocenters. The Bertz CT molecular complexity index is 3060. The molecule has 0 radical (unpaired) electrons. The van der Waals surface area contributed by atoms with Gasteiger partial charge in [0.25, 0.3) is 0 Å². The lowest BCUT2D eigenvalue weighted by Gasteiger charge is -2.35. The molecule has 2 aromatic carbocycles. The maximum Gasteiger partial charge on any atom is 0.414 e. The smallest absolute Gasteiger partial charge is 0.414 e. The van der Waals surface area contributed by atoms with Crippen molar-refractivity contribution in [2.75, 3.05) is 63.6 Å². The number of alkyl carbamates (subject to hydrolysis) is 2. The van der Waals surface area contributed by atoms with Crippen molar-refractivity contribution < 1.29 is 76.4 Å². The van der Waals surface area contributed by atoms with Crippen LogP contribution in [0.5, 0.6) is 0 Å². The van der Waals surface area contributed by atoms with Crippen LogP contribution >= 0.6 is 0 Å². The van der Waals surface area contributed by atoms with E-state index in [2.05, 4.69) is 36.9 Å². The highest BCUT2D eigenvalue weighted by Crippen LogP contribution is 2.27. The third-order valence-electron chi connectivity index (χ3n) is 13.1. The summed E-state index contributed by atoms with van der Waals surface area (Å²) < 4.78 is 38.7. The van der Waals surface area contributed by atoms with Gasteiger partial charge in [0.15, 0.2) is 0 Å². The van der Waals surface area contributed by atoms with Crippen LogP contribution in [-0.4, -0.2) is 168 Å². The Morgan fingerprint density at radius 2 is 1.35 bits per heavy atom. The molecule has 8 amide bonds. The first-order chi connectivity index (χ1) is 41.1. The van der Waals surface area contributed by atoms with Crippen molar-refractivity contribution in [3.05, 3.63) is 69.8 Å². The third kappa shape index (κ3) is 23.4. The van der Waals surface area contributed by atoms with E-state index >= 15 is 4.39 Å². The summed E-state index contributed by atoms with van der Waals surface area (Å²) >= 11 is 0. The molecule has 4 rings (SSSR count). The molecule has 0 saturated carbocycles. The number of aromatic carboxylic acids is 1. The van der Waals surface area contributed by atoms with Gasteiger partial charge in [-0.1, -0.05) is 39.8 Å². The lowest BCUT2D eigenvalue weighted by molar-refractivity contribution is -0.145. The van der Waals surface area contributed by atoms with Gasteiger partial charge in [-0.3, -0.25) is 49.2 Å². The molecule has 1 aliphatic rings. The van der Waals surface area contributed by atoms with E-state index in [0.717, 1.165) is 6.07 Å². The molecule has 484 valence electrons. The number of rotatable bonds is 25. The summed E-state index contributed by atoms with van der Waals surface area (Å²) in [5.41, 5.74) is -1.86. The number of hydrogen-bond acceptors (Lipinski definition) is 17. The molecule has 0 unspecified atom stereocenters. The van der Waals surface area contributed by atoms with Crippen molar-refractivity contribution in [3.8, 4) is 0 Å². The number of esters is 1. The quantitative estimate of drug-likeness (QED) is 0.0242. The number of carboxylic acids is 1. The number of aryl methyl sites for hydroxylation is 1. The van der Waals surface area contributed by atoms with Gasteiger partial charge in [0.05, 0.1) is 17.8 Å². The van der Waals surface area contributed by atoms with Crippen molar-refractivity contribution >= 4 is 88.0 Å². The molecule has 27 nitrogen and oxygen atoms in total. The Balaban J connectivity index is 1.53. The van der Waals surface area contributed by atoms with Crippen LogP contribution in [0, 0.1) is 17.7 Å². The van der Waals surface area contributed by atoms with Crippen LogP contribution in [0.25, 0.3) is 10.9 Å². The SMILES string of the molecule is CCn1cc(C(=O)O)c(=O)c2cc(F)c(N3CCN(C(=O)OCc4ccc(NC(=O)[C@H](CCN=C(NC(=O)OC(C)(C)C)NC(=O)OC(C)(C)C)NC(=O)[C@@H](NC(=O)[C@H](CCC(=O)OCC(C)C)NC(=O)CCCC(=O)N(C)C)C(C)C)cc4)CC3)cc21. The van der Waals surface area contributed by atoms with Gasteiger partial charge in [-0.15, -0.1) is 0 Å². The summed E-state index contributed by atoms with van der Waals surface area (Å²) in [6.45, 7) is 19.1. The summed E-state index contributed by atoms with van der Waals surface area (Å²) in [6, 6.07) is 4.64. The molecule has 2 heterocycles. The van der Waals surface area contributed by atoms with Crippen LogP contribution in [0.4, 0.5) is 30.1 Å². The van der Waals surface area contributed by atoms with Gasteiger partial charge >= 0.3 is 30.2 Å². The highest BCUT2D eigenvalue weighted by atomic mass is 19.1. The van der Waals surface area contributed by atoms with Crippen LogP contribution in [0.2, 0.25) is 0 Å². The number of pyridine rings is 1. The number of carbonyl (C=O) groups is 10. The van der Waals surface area contributed by atoms with E-state index in [1.54, 1.807) is 98.0 Å². The molecule has 1 saturated heterocycles. The molecule has 88 heavy (non-hydrogen) atoms. The lowest BCUT2D eigenvalue weighted by Crippen LogP contribution is -2.58. The molecule has 0 aliphatic carbocycles. The maximum atomic E-state index is 15.5. The third-order valence-corrected chi connectivity index (χ3v) is 13.1. The maximum absolute atomic E-state index is 15.5. The average Bonchev–Trinajstić information content (AvgIpc) is 0.866. The molecular formula is C60H86FN11O16. The molecule has 1 fully saturated rings. The molecular weight excluding hydrogens is 1150 g/mol. The Kier molecular flexibility index (Phi) is 26.7. The van der Waals surface area contributed by atoms with E-state index in [1.165, 1.54) is 34.2 Å². The molecule has 1 aromatic heterocycles. The van der Waals surface area contributed by atoms with Crippen LogP contribution in [0.1, 0.15) is 131 Å². The predicted molar refractivity (Wildman–Crippen MR) is 324 cm³/mol. The molecule has 3 aromatic rings. The summed E-state index contributed by atoms with van der Waals surface area (Å²) in [5.74, 6) is -6.99. The number of benzene rings is 2. The van der Waals surface area contributed by atoms with Crippen molar-refractivity contribution in [1.82, 2.24) is 41.0 Å². The zero-order valence-corrected chi connectivity index (χ0v) is 52.5. The van der Waals surface area contributed by atoms with Crippen LogP contribution in [0.3, 0.4) is 0 Å². The lowest BCUT2D eigenvalue weighted by atomic mass is 10.0. The summed E-state index contributed by atoms with van der Waals surface area (Å²) in [7, 11) is 3.16. The normalized spacial score (nSPS) is 13.5. The van der Waals surface area contributed by atoms with Gasteiger partial charge in [0, 0.05) is 89.9 Å². The number of ether oxygens (including phenoxy) is 4. The highest BCUT2D eigenvalue weighted by molar-refractivity contribution is 6.02. The number of aliphatic imine (C=N–C) groups is 1. The van der Waals surface area contributed by atoms with E-state index < -0.39 is 112 Å². The molecule has 0 bridgehead atoms. The standard InChI is InChI=1S/C60H86FN11O16/c1-14-70-32-40(54(80)81)50(76)39-30-41(61)45(31-44(39)70)71-26-28-72(29-27-71)58(84)86-34-37-18-20-38(21-19-37)63-51(77)43(24-25-62-55(67-56(82)87-59(6,7)8)68-57(83)88-60(9,10)11)65-53(79)49(36(4)5)66-52(78)42(22-23-48(75)85-33-35(2)3)64-46(73)16-15-17-47(74)69(12)13/h18-21,30-32,35-36,42-43,49H,14-17,22-29,33-34H2,1-13H3,(H,63,77)(H,64,73)(H,65,79)(H,66,78)(H,80,81)(H2,62,67,68,82,83)/t42-,43-,49-/m0/s1. The first-order valence-electron chi connectivity index (χ1n) is 29.1. The van der Waals surface area contributed by atoms with E-state index in [9.17, 15) is 57.8 Å².